The summed E-state index contributed by atoms with van der Waals surface area (Å²) in [4.78, 5) is 0. The van der Waals surface area contributed by atoms with E-state index in [1.54, 1.807) is 0 Å². The van der Waals surface area contributed by atoms with Gasteiger partial charge in [0.05, 0.1) is 12.7 Å². The topological polar surface area (TPSA) is 36.9 Å². The molecule has 1 aliphatic heterocycles. The first-order valence-electron chi connectivity index (χ1n) is 9.88. The minimum absolute atomic E-state index is 0.0858. The Labute approximate surface area is 163 Å². The van der Waals surface area contributed by atoms with Crippen molar-refractivity contribution in [3.05, 3.63) is 12.2 Å². The molecule has 26 heavy (non-hydrogen) atoms. The normalized spacial score (nSPS) is 25.6. The first-order valence-corrected chi connectivity index (χ1v) is 15.7. The highest BCUT2D eigenvalue weighted by atomic mass is 28.4. The molecule has 0 bridgehead atoms. The van der Waals surface area contributed by atoms with Crippen molar-refractivity contribution in [2.24, 2.45) is 0 Å². The molecule has 0 aliphatic carbocycles. The van der Waals surface area contributed by atoms with Crippen molar-refractivity contribution in [2.45, 2.75) is 103 Å². The monoisotopic (exact) mass is 402 g/mol. The van der Waals surface area contributed by atoms with E-state index in [-0.39, 0.29) is 28.6 Å². The third-order valence-electron chi connectivity index (χ3n) is 6.12. The van der Waals surface area contributed by atoms with E-state index in [4.69, 9.17) is 18.3 Å². The van der Waals surface area contributed by atoms with Gasteiger partial charge in [-0.3, -0.25) is 0 Å². The van der Waals surface area contributed by atoms with Crippen molar-refractivity contribution in [3.63, 3.8) is 0 Å². The van der Waals surface area contributed by atoms with Crippen molar-refractivity contribution >= 4 is 16.6 Å². The molecule has 0 aromatic carbocycles. The lowest BCUT2D eigenvalue weighted by Crippen LogP contribution is -2.52. The van der Waals surface area contributed by atoms with E-state index in [1.165, 1.54) is 0 Å². The van der Waals surface area contributed by atoms with E-state index in [0.29, 0.717) is 13.2 Å². The van der Waals surface area contributed by atoms with Crippen LogP contribution in [-0.4, -0.2) is 48.3 Å². The van der Waals surface area contributed by atoms with E-state index in [9.17, 15) is 0 Å². The Morgan fingerprint density at radius 3 is 1.88 bits per heavy atom. The summed E-state index contributed by atoms with van der Waals surface area (Å²) in [6.45, 7) is 25.8. The lowest BCUT2D eigenvalue weighted by Gasteiger charge is -2.43. The van der Waals surface area contributed by atoms with Crippen LogP contribution in [0.2, 0.25) is 36.3 Å². The van der Waals surface area contributed by atoms with E-state index in [1.807, 2.05) is 13.0 Å². The molecule has 1 heterocycles. The first kappa shape index (κ1) is 24.1. The van der Waals surface area contributed by atoms with Crippen molar-refractivity contribution < 1.29 is 18.3 Å². The van der Waals surface area contributed by atoms with Crippen molar-refractivity contribution in [3.8, 4) is 0 Å². The summed E-state index contributed by atoms with van der Waals surface area (Å²) < 4.78 is 24.9. The molecule has 0 amide bonds. The maximum Gasteiger partial charge on any atom is 0.193 e. The molecule has 0 aromatic heterocycles. The molecule has 0 spiro atoms. The second kappa shape index (κ2) is 8.58. The summed E-state index contributed by atoms with van der Waals surface area (Å²) in [5.41, 5.74) is 0. The van der Waals surface area contributed by atoms with Crippen LogP contribution in [0, 0.1) is 0 Å². The molecule has 0 fully saturated rings. The van der Waals surface area contributed by atoms with Gasteiger partial charge in [-0.1, -0.05) is 47.6 Å². The Morgan fingerprint density at radius 1 is 0.885 bits per heavy atom. The van der Waals surface area contributed by atoms with Gasteiger partial charge < -0.3 is 18.3 Å². The summed E-state index contributed by atoms with van der Waals surface area (Å²) in [7, 11) is -3.75. The molecule has 0 aromatic rings. The predicted molar refractivity (Wildman–Crippen MR) is 115 cm³/mol. The SMILES string of the molecule is CCO[C@@H]1C=C[C@H](O[Si](C)(C)C(C)(C)C)[C@@H](CO[Si](C)(C)C(C)(C)C)O1. The van der Waals surface area contributed by atoms with E-state index in [2.05, 4.69) is 73.8 Å². The first-order chi connectivity index (χ1) is 11.6. The second-order valence-electron chi connectivity index (χ2n) is 10.3. The quantitative estimate of drug-likeness (QED) is 0.403. The fourth-order valence-corrected chi connectivity index (χ4v) is 4.43. The zero-order valence-electron chi connectivity index (χ0n) is 18.9. The maximum atomic E-state index is 6.64. The van der Waals surface area contributed by atoms with Crippen molar-refractivity contribution in [1.29, 1.82) is 0 Å². The molecule has 0 N–H and O–H groups in total. The molecule has 1 aliphatic rings. The summed E-state index contributed by atoms with van der Waals surface area (Å²) in [6.07, 6.45) is 3.55. The van der Waals surface area contributed by atoms with Crippen LogP contribution in [0.5, 0.6) is 0 Å². The van der Waals surface area contributed by atoms with Gasteiger partial charge in [0.1, 0.15) is 6.10 Å². The predicted octanol–water partition coefficient (Wildman–Crippen LogP) is 5.72. The average molecular weight is 403 g/mol. The summed E-state index contributed by atoms with van der Waals surface area (Å²) in [5, 5.41) is 0.328. The molecule has 0 unspecified atom stereocenters. The summed E-state index contributed by atoms with van der Waals surface area (Å²) >= 11 is 0. The van der Waals surface area contributed by atoms with Crippen LogP contribution in [0.25, 0.3) is 0 Å². The zero-order valence-corrected chi connectivity index (χ0v) is 20.9. The van der Waals surface area contributed by atoms with Gasteiger partial charge in [0.15, 0.2) is 22.9 Å². The maximum absolute atomic E-state index is 6.64. The fourth-order valence-electron chi connectivity index (χ4n) is 2.15. The molecular formula is C20H42O4Si2. The Kier molecular flexibility index (Phi) is 7.93. The molecule has 154 valence electrons. The van der Waals surface area contributed by atoms with Gasteiger partial charge in [0, 0.05) is 6.61 Å². The Hall–Kier alpha value is 0.0138. The smallest absolute Gasteiger partial charge is 0.193 e. The standard InChI is InChI=1S/C20H42O4Si2/c1-12-21-18-14-13-16(24-26(10,11)20(5,6)7)17(23-18)15-22-25(8,9)19(2,3)4/h13-14,16-18H,12,15H2,1-11H3/t16-,17+,18-/m0/s1. The van der Waals surface area contributed by atoms with Gasteiger partial charge in [-0.25, -0.2) is 0 Å². The van der Waals surface area contributed by atoms with Crippen LogP contribution in [0.15, 0.2) is 12.2 Å². The molecule has 3 atom stereocenters. The van der Waals surface area contributed by atoms with Gasteiger partial charge in [0.2, 0.25) is 0 Å². The number of rotatable bonds is 7. The van der Waals surface area contributed by atoms with Gasteiger partial charge in [-0.05, 0) is 49.3 Å². The average Bonchev–Trinajstić information content (AvgIpc) is 2.45. The highest BCUT2D eigenvalue weighted by molar-refractivity contribution is 6.74. The minimum atomic E-state index is -1.90. The van der Waals surface area contributed by atoms with Crippen LogP contribution in [-0.2, 0) is 18.3 Å². The van der Waals surface area contributed by atoms with Gasteiger partial charge in [-0.15, -0.1) is 0 Å². The van der Waals surface area contributed by atoms with E-state index < -0.39 is 16.6 Å². The van der Waals surface area contributed by atoms with Crippen LogP contribution in [0.4, 0.5) is 0 Å². The minimum Gasteiger partial charge on any atom is -0.414 e. The Morgan fingerprint density at radius 2 is 1.42 bits per heavy atom. The molecule has 4 nitrogen and oxygen atoms in total. The molecule has 0 saturated heterocycles. The van der Waals surface area contributed by atoms with Crippen LogP contribution in [0.3, 0.4) is 0 Å². The lowest BCUT2D eigenvalue weighted by molar-refractivity contribution is -0.174. The van der Waals surface area contributed by atoms with Crippen molar-refractivity contribution in [2.75, 3.05) is 13.2 Å². The highest BCUT2D eigenvalue weighted by Crippen LogP contribution is 2.39. The van der Waals surface area contributed by atoms with E-state index >= 15 is 0 Å². The number of hydrogen-bond acceptors (Lipinski definition) is 4. The molecule has 0 saturated carbocycles. The van der Waals surface area contributed by atoms with Crippen molar-refractivity contribution in [1.82, 2.24) is 0 Å². The Balaban J connectivity index is 2.93. The van der Waals surface area contributed by atoms with Crippen LogP contribution in [0.1, 0.15) is 48.5 Å². The molecule has 0 radical (unpaired) electrons. The lowest BCUT2D eigenvalue weighted by atomic mass is 10.1. The Bertz CT molecular complexity index is 475. The molecule has 6 heteroatoms. The zero-order chi connectivity index (χ0) is 20.4. The second-order valence-corrected chi connectivity index (χ2v) is 19.9. The summed E-state index contributed by atoms with van der Waals surface area (Å²) in [5.74, 6) is 0. The molecular weight excluding hydrogens is 360 g/mol. The molecule has 1 rings (SSSR count). The van der Waals surface area contributed by atoms with Gasteiger partial charge in [0.25, 0.3) is 0 Å². The van der Waals surface area contributed by atoms with Crippen LogP contribution >= 0.6 is 0 Å². The summed E-state index contributed by atoms with van der Waals surface area (Å²) in [6, 6.07) is 0. The number of hydrogen-bond donors (Lipinski definition) is 0. The van der Waals surface area contributed by atoms with Gasteiger partial charge in [-0.2, -0.15) is 0 Å². The third-order valence-corrected chi connectivity index (χ3v) is 15.1. The van der Waals surface area contributed by atoms with Gasteiger partial charge >= 0.3 is 0 Å². The fraction of sp³-hybridized carbons (Fsp3) is 0.900. The largest absolute Gasteiger partial charge is 0.414 e. The van der Waals surface area contributed by atoms with E-state index in [0.717, 1.165) is 0 Å². The van der Waals surface area contributed by atoms with Crippen LogP contribution < -0.4 is 0 Å². The number of ether oxygens (including phenoxy) is 2. The highest BCUT2D eigenvalue weighted by Gasteiger charge is 2.43. The third kappa shape index (κ3) is 6.28.